The molecule has 1 aromatic rings. The quantitative estimate of drug-likeness (QED) is 0.897. The summed E-state index contributed by atoms with van der Waals surface area (Å²) in [5.74, 6) is 0.925. The smallest absolute Gasteiger partial charge is 0.405 e. The van der Waals surface area contributed by atoms with Gasteiger partial charge in [-0.2, -0.15) is 11.8 Å². The van der Waals surface area contributed by atoms with Crippen molar-refractivity contribution in [3.63, 3.8) is 0 Å². The number of para-hydroxylation sites is 1. The topological polar surface area (TPSA) is 29.5 Å². The molecule has 20 heavy (non-hydrogen) atoms. The zero-order valence-corrected chi connectivity index (χ0v) is 12.1. The third kappa shape index (κ3) is 2.91. The number of hydrogen-bond donors (Lipinski definition) is 1. The first kappa shape index (κ1) is 15.5. The minimum Gasteiger partial charge on any atom is -0.405 e. The SMILES string of the molecule is CC1(C)CCSCC1(O)c1ccccc1OC(F)(F)F. The largest absolute Gasteiger partial charge is 0.573 e. The first-order valence-corrected chi connectivity index (χ1v) is 7.47. The Kier molecular flexibility index (Phi) is 3.99. The Bertz CT molecular complexity index is 488. The number of hydrogen-bond acceptors (Lipinski definition) is 3. The monoisotopic (exact) mass is 306 g/mol. The van der Waals surface area contributed by atoms with Gasteiger partial charge in [-0.1, -0.05) is 32.0 Å². The molecule has 1 heterocycles. The molecule has 0 aliphatic carbocycles. The van der Waals surface area contributed by atoms with E-state index in [1.165, 1.54) is 30.0 Å². The fourth-order valence-corrected chi connectivity index (χ4v) is 4.05. The van der Waals surface area contributed by atoms with Crippen LogP contribution in [-0.4, -0.2) is 23.0 Å². The predicted octanol–water partition coefficient (Wildman–Crippen LogP) is 3.94. The normalized spacial score (nSPS) is 26.3. The van der Waals surface area contributed by atoms with Crippen molar-refractivity contribution in [2.24, 2.45) is 5.41 Å². The fraction of sp³-hybridized carbons (Fsp3) is 0.571. The maximum atomic E-state index is 12.5. The Morgan fingerprint density at radius 2 is 1.90 bits per heavy atom. The minimum absolute atomic E-state index is 0.203. The van der Waals surface area contributed by atoms with E-state index < -0.39 is 17.4 Å². The molecule has 1 atom stereocenters. The zero-order valence-electron chi connectivity index (χ0n) is 11.3. The molecule has 0 radical (unpaired) electrons. The Balaban J connectivity index is 2.46. The maximum Gasteiger partial charge on any atom is 0.573 e. The van der Waals surface area contributed by atoms with Crippen LogP contribution in [0.2, 0.25) is 0 Å². The third-order valence-electron chi connectivity index (χ3n) is 3.86. The average Bonchev–Trinajstić information content (AvgIpc) is 2.31. The van der Waals surface area contributed by atoms with Gasteiger partial charge < -0.3 is 9.84 Å². The number of aliphatic hydroxyl groups is 1. The van der Waals surface area contributed by atoms with Gasteiger partial charge in [0.05, 0.1) is 0 Å². The Labute approximate surface area is 120 Å². The van der Waals surface area contributed by atoms with Crippen LogP contribution in [0.4, 0.5) is 13.2 Å². The summed E-state index contributed by atoms with van der Waals surface area (Å²) in [6.07, 6.45) is -4.03. The molecule has 6 heteroatoms. The first-order valence-electron chi connectivity index (χ1n) is 6.31. The van der Waals surface area contributed by atoms with E-state index in [9.17, 15) is 18.3 Å². The van der Waals surface area contributed by atoms with Crippen LogP contribution in [0, 0.1) is 5.41 Å². The molecule has 1 fully saturated rings. The van der Waals surface area contributed by atoms with E-state index in [0.717, 1.165) is 12.2 Å². The molecule has 1 aromatic carbocycles. The van der Waals surface area contributed by atoms with Gasteiger partial charge in [0.25, 0.3) is 0 Å². The van der Waals surface area contributed by atoms with Crippen molar-refractivity contribution >= 4 is 11.8 Å². The van der Waals surface area contributed by atoms with Crippen LogP contribution in [-0.2, 0) is 5.60 Å². The third-order valence-corrected chi connectivity index (χ3v) is 4.97. The van der Waals surface area contributed by atoms with Crippen LogP contribution in [0.25, 0.3) is 0 Å². The Hall–Kier alpha value is -0.880. The lowest BCUT2D eigenvalue weighted by atomic mass is 9.69. The summed E-state index contributed by atoms with van der Waals surface area (Å²) in [4.78, 5) is 0. The van der Waals surface area contributed by atoms with Crippen molar-refractivity contribution in [2.45, 2.75) is 32.2 Å². The number of halogens is 3. The van der Waals surface area contributed by atoms with Gasteiger partial charge in [-0.3, -0.25) is 0 Å². The molecular weight excluding hydrogens is 289 g/mol. The molecule has 2 rings (SSSR count). The molecule has 0 bridgehead atoms. The number of benzene rings is 1. The van der Waals surface area contributed by atoms with Gasteiger partial charge >= 0.3 is 6.36 Å². The highest BCUT2D eigenvalue weighted by atomic mass is 32.2. The Morgan fingerprint density at radius 3 is 2.50 bits per heavy atom. The average molecular weight is 306 g/mol. The first-order chi connectivity index (χ1) is 9.16. The number of thioether (sulfide) groups is 1. The van der Waals surface area contributed by atoms with Crippen molar-refractivity contribution in [3.8, 4) is 5.75 Å². The molecule has 1 saturated heterocycles. The molecule has 1 aliphatic heterocycles. The summed E-state index contributed by atoms with van der Waals surface area (Å²) in [6, 6.07) is 5.84. The van der Waals surface area contributed by atoms with E-state index in [1.807, 2.05) is 13.8 Å². The second-order valence-electron chi connectivity index (χ2n) is 5.59. The summed E-state index contributed by atoms with van der Waals surface area (Å²) < 4.78 is 41.6. The van der Waals surface area contributed by atoms with Crippen LogP contribution in [0.15, 0.2) is 24.3 Å². The molecule has 2 nitrogen and oxygen atoms in total. The zero-order chi connectivity index (χ0) is 15.0. The molecule has 112 valence electrons. The lowest BCUT2D eigenvalue weighted by Crippen LogP contribution is -2.47. The summed E-state index contributed by atoms with van der Waals surface area (Å²) in [5, 5.41) is 11.0. The van der Waals surface area contributed by atoms with Crippen LogP contribution >= 0.6 is 11.8 Å². The second kappa shape index (κ2) is 5.15. The molecule has 1 N–H and O–H groups in total. The van der Waals surface area contributed by atoms with Gasteiger partial charge in [0.2, 0.25) is 0 Å². The molecular formula is C14H17F3O2S. The van der Waals surface area contributed by atoms with Gasteiger partial charge in [-0.15, -0.1) is 13.2 Å². The van der Waals surface area contributed by atoms with Crippen molar-refractivity contribution in [2.75, 3.05) is 11.5 Å². The molecule has 1 unspecified atom stereocenters. The lowest BCUT2D eigenvalue weighted by molar-refractivity contribution is -0.275. The van der Waals surface area contributed by atoms with Gasteiger partial charge in [0.1, 0.15) is 11.4 Å². The van der Waals surface area contributed by atoms with Gasteiger partial charge in [0, 0.05) is 11.3 Å². The van der Waals surface area contributed by atoms with E-state index >= 15 is 0 Å². The van der Waals surface area contributed by atoms with E-state index in [1.54, 1.807) is 6.07 Å². The van der Waals surface area contributed by atoms with Gasteiger partial charge in [-0.05, 0) is 23.7 Å². The molecule has 0 aromatic heterocycles. The van der Waals surface area contributed by atoms with Crippen molar-refractivity contribution < 1.29 is 23.0 Å². The van der Waals surface area contributed by atoms with Crippen molar-refractivity contribution in [1.29, 1.82) is 0 Å². The number of rotatable bonds is 2. The fourth-order valence-electron chi connectivity index (χ4n) is 2.41. The van der Waals surface area contributed by atoms with Crippen LogP contribution in [0.1, 0.15) is 25.8 Å². The van der Waals surface area contributed by atoms with E-state index in [0.29, 0.717) is 5.75 Å². The predicted molar refractivity (Wildman–Crippen MR) is 72.7 cm³/mol. The van der Waals surface area contributed by atoms with E-state index in [2.05, 4.69) is 4.74 Å². The highest BCUT2D eigenvalue weighted by Gasteiger charge is 2.49. The Morgan fingerprint density at radius 1 is 1.25 bits per heavy atom. The van der Waals surface area contributed by atoms with Crippen molar-refractivity contribution in [1.82, 2.24) is 0 Å². The van der Waals surface area contributed by atoms with Crippen LogP contribution in [0.5, 0.6) is 5.75 Å². The maximum absolute atomic E-state index is 12.5. The molecule has 0 spiro atoms. The summed E-state index contributed by atoms with van der Waals surface area (Å²) >= 11 is 1.54. The van der Waals surface area contributed by atoms with Gasteiger partial charge in [-0.25, -0.2) is 0 Å². The summed E-state index contributed by atoms with van der Waals surface area (Å²) in [7, 11) is 0. The van der Waals surface area contributed by atoms with E-state index in [-0.39, 0.29) is 11.3 Å². The lowest BCUT2D eigenvalue weighted by Gasteiger charge is -2.46. The molecule has 0 amide bonds. The van der Waals surface area contributed by atoms with Gasteiger partial charge in [0.15, 0.2) is 0 Å². The summed E-state index contributed by atoms with van der Waals surface area (Å²) in [5.41, 5.74) is -1.64. The van der Waals surface area contributed by atoms with E-state index in [4.69, 9.17) is 0 Å². The summed E-state index contributed by atoms with van der Waals surface area (Å²) in [6.45, 7) is 3.74. The minimum atomic E-state index is -4.77. The second-order valence-corrected chi connectivity index (χ2v) is 6.70. The van der Waals surface area contributed by atoms with Crippen LogP contribution in [0.3, 0.4) is 0 Å². The number of ether oxygens (including phenoxy) is 1. The standard InChI is InChI=1S/C14H17F3O2S/c1-12(2)7-8-20-9-13(12,18)10-5-3-4-6-11(10)19-14(15,16)17/h3-6,18H,7-9H2,1-2H3. The number of alkyl halides is 3. The highest BCUT2D eigenvalue weighted by Crippen LogP contribution is 2.51. The molecule has 1 aliphatic rings. The van der Waals surface area contributed by atoms with Crippen LogP contribution < -0.4 is 4.74 Å². The molecule has 0 saturated carbocycles. The van der Waals surface area contributed by atoms with Crippen molar-refractivity contribution in [3.05, 3.63) is 29.8 Å². The highest BCUT2D eigenvalue weighted by molar-refractivity contribution is 7.99.